The number of ether oxygens (including phenoxy) is 1. The highest BCUT2D eigenvalue weighted by atomic mass is 35.5. The highest BCUT2D eigenvalue weighted by molar-refractivity contribution is 6.30. The Balaban J connectivity index is 2.24. The Labute approximate surface area is 118 Å². The van der Waals surface area contributed by atoms with E-state index in [1.165, 1.54) is 0 Å². The largest absolute Gasteiger partial charge is 0.486 e. The molecule has 2 aromatic rings. The molecule has 2 nitrogen and oxygen atoms in total. The third-order valence-electron chi connectivity index (χ3n) is 2.99. The molecule has 0 aliphatic heterocycles. The Morgan fingerprint density at radius 2 is 1.74 bits per heavy atom. The number of hydrogen-bond donors (Lipinski definition) is 1. The second kappa shape index (κ2) is 6.09. The quantitative estimate of drug-likeness (QED) is 0.889. The smallest absolute Gasteiger partial charge is 0.126 e. The van der Waals surface area contributed by atoms with Gasteiger partial charge in [0.2, 0.25) is 0 Å². The summed E-state index contributed by atoms with van der Waals surface area (Å²) in [6, 6.07) is 15.3. The molecular formula is C16H17ClO2. The lowest BCUT2D eigenvalue weighted by Crippen LogP contribution is -2.06. The summed E-state index contributed by atoms with van der Waals surface area (Å²) in [7, 11) is 0. The zero-order chi connectivity index (χ0) is 13.8. The van der Waals surface area contributed by atoms with Gasteiger partial charge < -0.3 is 9.84 Å². The van der Waals surface area contributed by atoms with Gasteiger partial charge in [0.25, 0.3) is 0 Å². The van der Waals surface area contributed by atoms with Crippen LogP contribution in [0.4, 0.5) is 0 Å². The van der Waals surface area contributed by atoms with Crippen LogP contribution in [-0.4, -0.2) is 5.11 Å². The highest BCUT2D eigenvalue weighted by Gasteiger charge is 2.13. The van der Waals surface area contributed by atoms with E-state index in [2.05, 4.69) is 0 Å². The number of halogens is 1. The molecule has 19 heavy (non-hydrogen) atoms. The van der Waals surface area contributed by atoms with E-state index in [1.54, 1.807) is 25.1 Å². The van der Waals surface area contributed by atoms with E-state index in [0.29, 0.717) is 16.3 Å². The van der Waals surface area contributed by atoms with E-state index >= 15 is 0 Å². The summed E-state index contributed by atoms with van der Waals surface area (Å²) in [6.45, 7) is 3.68. The van der Waals surface area contributed by atoms with E-state index in [9.17, 15) is 5.11 Å². The average Bonchev–Trinajstić information content (AvgIpc) is 2.41. The lowest BCUT2D eigenvalue weighted by Gasteiger charge is -2.19. The molecule has 2 aromatic carbocycles. The van der Waals surface area contributed by atoms with E-state index in [-0.39, 0.29) is 6.10 Å². The number of aliphatic hydroxyl groups is 1. The Morgan fingerprint density at radius 1 is 1.05 bits per heavy atom. The third kappa shape index (κ3) is 3.49. The van der Waals surface area contributed by atoms with Gasteiger partial charge >= 0.3 is 0 Å². The van der Waals surface area contributed by atoms with Crippen molar-refractivity contribution in [3.05, 3.63) is 64.7 Å². The summed E-state index contributed by atoms with van der Waals surface area (Å²) in [6.07, 6.45) is -0.698. The van der Waals surface area contributed by atoms with Crippen LogP contribution in [-0.2, 0) is 0 Å². The zero-order valence-corrected chi connectivity index (χ0v) is 11.8. The Kier molecular flexibility index (Phi) is 4.46. The monoisotopic (exact) mass is 276 g/mol. The lowest BCUT2D eigenvalue weighted by atomic mass is 10.1. The van der Waals surface area contributed by atoms with Gasteiger partial charge in [-0.1, -0.05) is 41.9 Å². The number of rotatable bonds is 4. The second-order valence-corrected chi connectivity index (χ2v) is 4.97. The normalized spacial score (nSPS) is 13.9. The van der Waals surface area contributed by atoms with Crippen molar-refractivity contribution in [3.63, 3.8) is 0 Å². The van der Waals surface area contributed by atoms with Gasteiger partial charge in [-0.05, 0) is 37.6 Å². The first kappa shape index (κ1) is 13.9. The van der Waals surface area contributed by atoms with Gasteiger partial charge in [0.1, 0.15) is 11.9 Å². The molecule has 3 heteroatoms. The molecule has 0 aliphatic carbocycles. The first-order chi connectivity index (χ1) is 9.08. The van der Waals surface area contributed by atoms with Crippen LogP contribution in [0.15, 0.2) is 48.5 Å². The highest BCUT2D eigenvalue weighted by Crippen LogP contribution is 2.31. The fourth-order valence-electron chi connectivity index (χ4n) is 1.94. The van der Waals surface area contributed by atoms with Crippen molar-refractivity contribution in [1.29, 1.82) is 0 Å². The van der Waals surface area contributed by atoms with Gasteiger partial charge in [0.05, 0.1) is 6.10 Å². The van der Waals surface area contributed by atoms with Gasteiger partial charge in [0, 0.05) is 10.6 Å². The number of benzene rings is 2. The van der Waals surface area contributed by atoms with Crippen LogP contribution in [0.1, 0.15) is 37.2 Å². The molecule has 100 valence electrons. The molecule has 2 atom stereocenters. The fourth-order valence-corrected chi connectivity index (χ4v) is 2.12. The molecule has 1 N–H and O–H groups in total. The van der Waals surface area contributed by atoms with Gasteiger partial charge in [-0.3, -0.25) is 0 Å². The zero-order valence-electron chi connectivity index (χ0n) is 11.0. The minimum absolute atomic E-state index is 0.0834. The molecule has 0 radical (unpaired) electrons. The van der Waals surface area contributed by atoms with Crippen LogP contribution < -0.4 is 4.74 Å². The fraction of sp³-hybridized carbons (Fsp3) is 0.250. The Morgan fingerprint density at radius 3 is 2.37 bits per heavy atom. The first-order valence-electron chi connectivity index (χ1n) is 6.27. The van der Waals surface area contributed by atoms with Gasteiger partial charge in [-0.2, -0.15) is 0 Å². The van der Waals surface area contributed by atoms with E-state index in [0.717, 1.165) is 5.56 Å². The first-order valence-corrected chi connectivity index (χ1v) is 6.65. The van der Waals surface area contributed by atoms with E-state index in [4.69, 9.17) is 16.3 Å². The van der Waals surface area contributed by atoms with Crippen LogP contribution in [0.3, 0.4) is 0 Å². The third-order valence-corrected chi connectivity index (χ3v) is 3.23. The van der Waals surface area contributed by atoms with Crippen molar-refractivity contribution in [3.8, 4) is 5.75 Å². The Bertz CT molecular complexity index is 538. The van der Waals surface area contributed by atoms with Crippen molar-refractivity contribution in [1.82, 2.24) is 0 Å². The average molecular weight is 277 g/mol. The van der Waals surface area contributed by atoms with Crippen LogP contribution >= 0.6 is 11.6 Å². The van der Waals surface area contributed by atoms with Crippen molar-refractivity contribution in [2.24, 2.45) is 0 Å². The predicted octanol–water partition coefficient (Wildman–Crippen LogP) is 4.53. The molecule has 0 saturated carbocycles. The molecule has 0 heterocycles. The molecule has 1 unspecified atom stereocenters. The summed E-state index contributed by atoms with van der Waals surface area (Å²) in [5, 5.41) is 10.4. The number of aliphatic hydroxyl groups excluding tert-OH is 1. The standard InChI is InChI=1S/C16H17ClO2/c1-11(18)15-10-14(17)8-9-16(15)19-12(2)13-6-4-3-5-7-13/h3-12,18H,1-2H3/t11-,12?/m0/s1. The van der Waals surface area contributed by atoms with Crippen molar-refractivity contribution < 1.29 is 9.84 Å². The second-order valence-electron chi connectivity index (χ2n) is 4.53. The summed E-state index contributed by atoms with van der Waals surface area (Å²) in [4.78, 5) is 0. The lowest BCUT2D eigenvalue weighted by molar-refractivity contribution is 0.179. The molecule has 2 rings (SSSR count). The minimum atomic E-state index is -0.614. The number of hydrogen-bond acceptors (Lipinski definition) is 2. The van der Waals surface area contributed by atoms with Gasteiger partial charge in [-0.15, -0.1) is 0 Å². The van der Waals surface area contributed by atoms with Crippen LogP contribution in [0.2, 0.25) is 5.02 Å². The molecular weight excluding hydrogens is 260 g/mol. The Hall–Kier alpha value is -1.51. The molecule has 0 aliphatic rings. The summed E-state index contributed by atoms with van der Waals surface area (Å²) in [5.74, 6) is 0.663. The predicted molar refractivity (Wildman–Crippen MR) is 77.6 cm³/mol. The molecule has 0 fully saturated rings. The van der Waals surface area contributed by atoms with Gasteiger partial charge in [0.15, 0.2) is 0 Å². The van der Waals surface area contributed by atoms with Crippen molar-refractivity contribution in [2.45, 2.75) is 26.1 Å². The molecule has 0 amide bonds. The van der Waals surface area contributed by atoms with Crippen LogP contribution in [0, 0.1) is 0 Å². The van der Waals surface area contributed by atoms with E-state index in [1.807, 2.05) is 37.3 Å². The van der Waals surface area contributed by atoms with Crippen LogP contribution in [0.5, 0.6) is 5.75 Å². The topological polar surface area (TPSA) is 29.5 Å². The summed E-state index contributed by atoms with van der Waals surface area (Å²) in [5.41, 5.74) is 1.80. The molecule has 0 bridgehead atoms. The molecule has 0 aromatic heterocycles. The van der Waals surface area contributed by atoms with Crippen molar-refractivity contribution in [2.75, 3.05) is 0 Å². The molecule has 0 spiro atoms. The summed E-state index contributed by atoms with van der Waals surface area (Å²) >= 11 is 5.95. The van der Waals surface area contributed by atoms with E-state index < -0.39 is 6.10 Å². The maximum atomic E-state index is 9.77. The van der Waals surface area contributed by atoms with Crippen molar-refractivity contribution >= 4 is 11.6 Å². The summed E-state index contributed by atoms with van der Waals surface area (Å²) < 4.78 is 5.93. The van der Waals surface area contributed by atoms with Gasteiger partial charge in [-0.25, -0.2) is 0 Å². The minimum Gasteiger partial charge on any atom is -0.486 e. The maximum absolute atomic E-state index is 9.77. The SMILES string of the molecule is CC(Oc1ccc(Cl)cc1[C@H](C)O)c1ccccc1. The molecule has 0 saturated heterocycles. The maximum Gasteiger partial charge on any atom is 0.126 e. The van der Waals surface area contributed by atoms with Crippen LogP contribution in [0.25, 0.3) is 0 Å².